The van der Waals surface area contributed by atoms with Crippen LogP contribution in [-0.4, -0.2) is 19.6 Å². The van der Waals surface area contributed by atoms with Crippen molar-refractivity contribution >= 4 is 11.6 Å². The van der Waals surface area contributed by atoms with Gasteiger partial charge in [0.1, 0.15) is 5.75 Å². The number of benzene rings is 2. The molecule has 2 aromatic carbocycles. The number of para-hydroxylation sites is 2. The molecule has 4 heteroatoms. The van der Waals surface area contributed by atoms with Gasteiger partial charge in [0.15, 0.2) is 0 Å². The number of carbonyl (C=O) groups is 1. The standard InChI is InChI=1S/C18H22N2O2/c1-14-7-3-5-9-16(14)19-12-11-18(21)20-13-15-8-4-6-10-17(15)22-2/h3-10,19H,11-13H2,1-2H3,(H,20,21). The van der Waals surface area contributed by atoms with Crippen molar-refractivity contribution in [1.82, 2.24) is 5.32 Å². The van der Waals surface area contributed by atoms with E-state index in [4.69, 9.17) is 4.74 Å². The molecule has 0 atom stereocenters. The van der Waals surface area contributed by atoms with Gasteiger partial charge < -0.3 is 15.4 Å². The lowest BCUT2D eigenvalue weighted by Crippen LogP contribution is -2.25. The van der Waals surface area contributed by atoms with Gasteiger partial charge in [-0.3, -0.25) is 4.79 Å². The topological polar surface area (TPSA) is 50.4 Å². The first-order valence-electron chi connectivity index (χ1n) is 7.39. The second kappa shape index (κ2) is 8.08. The lowest BCUT2D eigenvalue weighted by atomic mass is 10.2. The third-order valence-electron chi connectivity index (χ3n) is 3.48. The van der Waals surface area contributed by atoms with E-state index in [-0.39, 0.29) is 5.91 Å². The maximum Gasteiger partial charge on any atom is 0.222 e. The van der Waals surface area contributed by atoms with E-state index in [9.17, 15) is 4.79 Å². The zero-order chi connectivity index (χ0) is 15.8. The number of carbonyl (C=O) groups excluding carboxylic acids is 1. The summed E-state index contributed by atoms with van der Waals surface area (Å²) < 4.78 is 5.27. The van der Waals surface area contributed by atoms with Crippen molar-refractivity contribution in [3.05, 3.63) is 59.7 Å². The van der Waals surface area contributed by atoms with Crippen LogP contribution < -0.4 is 15.4 Å². The average Bonchev–Trinajstić information content (AvgIpc) is 2.55. The molecule has 0 aliphatic carbocycles. The first kappa shape index (κ1) is 15.9. The van der Waals surface area contributed by atoms with Crippen LogP contribution in [0.3, 0.4) is 0 Å². The van der Waals surface area contributed by atoms with E-state index in [1.807, 2.05) is 55.5 Å². The highest BCUT2D eigenvalue weighted by Gasteiger charge is 2.05. The lowest BCUT2D eigenvalue weighted by molar-refractivity contribution is -0.121. The fraction of sp³-hybridized carbons (Fsp3) is 0.278. The highest BCUT2D eigenvalue weighted by molar-refractivity contribution is 5.76. The summed E-state index contributed by atoms with van der Waals surface area (Å²) in [5.74, 6) is 0.813. The zero-order valence-electron chi connectivity index (χ0n) is 13.1. The Morgan fingerprint density at radius 2 is 1.82 bits per heavy atom. The minimum Gasteiger partial charge on any atom is -0.496 e. The van der Waals surface area contributed by atoms with Crippen LogP contribution in [0.1, 0.15) is 17.5 Å². The Balaban J connectivity index is 1.75. The van der Waals surface area contributed by atoms with Crippen LogP contribution in [0.15, 0.2) is 48.5 Å². The number of nitrogens with one attached hydrogen (secondary N) is 2. The molecule has 0 aliphatic heterocycles. The average molecular weight is 298 g/mol. The molecule has 0 spiro atoms. The van der Waals surface area contributed by atoms with Crippen molar-refractivity contribution in [2.24, 2.45) is 0 Å². The molecule has 0 bridgehead atoms. The Labute approximate surface area is 131 Å². The summed E-state index contributed by atoms with van der Waals surface area (Å²) in [6, 6.07) is 15.7. The lowest BCUT2D eigenvalue weighted by Gasteiger charge is -2.11. The summed E-state index contributed by atoms with van der Waals surface area (Å²) in [5, 5.41) is 6.19. The number of hydrogen-bond acceptors (Lipinski definition) is 3. The maximum absolute atomic E-state index is 11.9. The number of amides is 1. The fourth-order valence-electron chi connectivity index (χ4n) is 2.21. The Morgan fingerprint density at radius 3 is 2.59 bits per heavy atom. The number of rotatable bonds is 7. The van der Waals surface area contributed by atoms with Crippen LogP contribution >= 0.6 is 0 Å². The van der Waals surface area contributed by atoms with Gasteiger partial charge in [0.2, 0.25) is 5.91 Å². The predicted octanol–water partition coefficient (Wildman–Crippen LogP) is 3.12. The number of anilines is 1. The van der Waals surface area contributed by atoms with E-state index in [0.717, 1.165) is 17.0 Å². The minimum absolute atomic E-state index is 0.0204. The van der Waals surface area contributed by atoms with Crippen molar-refractivity contribution in [1.29, 1.82) is 0 Å². The van der Waals surface area contributed by atoms with E-state index in [0.29, 0.717) is 19.5 Å². The molecule has 2 N–H and O–H groups in total. The highest BCUT2D eigenvalue weighted by Crippen LogP contribution is 2.16. The van der Waals surface area contributed by atoms with Crippen LogP contribution in [0.5, 0.6) is 5.75 Å². The van der Waals surface area contributed by atoms with E-state index in [1.54, 1.807) is 7.11 Å². The quantitative estimate of drug-likeness (QED) is 0.825. The van der Waals surface area contributed by atoms with Crippen molar-refractivity contribution in [2.75, 3.05) is 19.0 Å². The van der Waals surface area contributed by atoms with Gasteiger partial charge in [-0.25, -0.2) is 0 Å². The largest absolute Gasteiger partial charge is 0.496 e. The van der Waals surface area contributed by atoms with Crippen LogP contribution in [0.25, 0.3) is 0 Å². The molecule has 2 aromatic rings. The monoisotopic (exact) mass is 298 g/mol. The van der Waals surface area contributed by atoms with Crippen LogP contribution in [0.2, 0.25) is 0 Å². The van der Waals surface area contributed by atoms with Gasteiger partial charge in [0.25, 0.3) is 0 Å². The summed E-state index contributed by atoms with van der Waals surface area (Å²) in [5.41, 5.74) is 3.22. The van der Waals surface area contributed by atoms with Crippen molar-refractivity contribution in [2.45, 2.75) is 19.9 Å². The smallest absolute Gasteiger partial charge is 0.222 e. The molecule has 0 aromatic heterocycles. The van der Waals surface area contributed by atoms with Gasteiger partial charge in [0.05, 0.1) is 7.11 Å². The molecular weight excluding hydrogens is 276 g/mol. The molecule has 2 rings (SSSR count). The van der Waals surface area contributed by atoms with Crippen LogP contribution in [-0.2, 0) is 11.3 Å². The number of hydrogen-bond donors (Lipinski definition) is 2. The predicted molar refractivity (Wildman–Crippen MR) is 89.1 cm³/mol. The van der Waals surface area contributed by atoms with Gasteiger partial charge >= 0.3 is 0 Å². The molecule has 0 heterocycles. The van der Waals surface area contributed by atoms with Crippen LogP contribution in [0.4, 0.5) is 5.69 Å². The number of methoxy groups -OCH3 is 1. The Morgan fingerprint density at radius 1 is 1.09 bits per heavy atom. The first-order valence-corrected chi connectivity index (χ1v) is 7.39. The zero-order valence-corrected chi connectivity index (χ0v) is 13.1. The fourth-order valence-corrected chi connectivity index (χ4v) is 2.21. The van der Waals surface area contributed by atoms with Crippen molar-refractivity contribution in [3.63, 3.8) is 0 Å². The van der Waals surface area contributed by atoms with Crippen molar-refractivity contribution < 1.29 is 9.53 Å². The summed E-state index contributed by atoms with van der Waals surface area (Å²) in [6.45, 7) is 3.14. The molecule has 0 radical (unpaired) electrons. The van der Waals surface area contributed by atoms with Crippen molar-refractivity contribution in [3.8, 4) is 5.75 Å². The summed E-state index contributed by atoms with van der Waals surface area (Å²) >= 11 is 0. The van der Waals surface area contributed by atoms with Gasteiger partial charge in [-0.1, -0.05) is 36.4 Å². The number of ether oxygens (including phenoxy) is 1. The van der Waals surface area contributed by atoms with Gasteiger partial charge in [0, 0.05) is 30.8 Å². The summed E-state index contributed by atoms with van der Waals surface area (Å²) in [7, 11) is 1.63. The van der Waals surface area contributed by atoms with Crippen LogP contribution in [0, 0.1) is 6.92 Å². The number of aryl methyl sites for hydroxylation is 1. The first-order chi connectivity index (χ1) is 10.7. The molecule has 4 nitrogen and oxygen atoms in total. The third kappa shape index (κ3) is 4.52. The van der Waals surface area contributed by atoms with Gasteiger partial charge in [-0.05, 0) is 24.6 Å². The third-order valence-corrected chi connectivity index (χ3v) is 3.48. The molecule has 1 amide bonds. The van der Waals surface area contributed by atoms with Gasteiger partial charge in [-0.15, -0.1) is 0 Å². The SMILES string of the molecule is COc1ccccc1CNC(=O)CCNc1ccccc1C. The van der Waals surface area contributed by atoms with E-state index < -0.39 is 0 Å². The molecule has 0 aliphatic rings. The molecule has 0 fully saturated rings. The molecule has 116 valence electrons. The molecule has 0 saturated heterocycles. The molecule has 22 heavy (non-hydrogen) atoms. The second-order valence-corrected chi connectivity index (χ2v) is 5.08. The molecule has 0 unspecified atom stereocenters. The summed E-state index contributed by atoms with van der Waals surface area (Å²) in [4.78, 5) is 11.9. The minimum atomic E-state index is 0.0204. The maximum atomic E-state index is 11.9. The normalized spacial score (nSPS) is 10.1. The van der Waals surface area contributed by atoms with E-state index in [1.165, 1.54) is 5.56 Å². The Bertz CT molecular complexity index is 626. The Hall–Kier alpha value is -2.49. The Kier molecular flexibility index (Phi) is 5.83. The summed E-state index contributed by atoms with van der Waals surface area (Å²) in [6.07, 6.45) is 0.434. The van der Waals surface area contributed by atoms with E-state index >= 15 is 0 Å². The molecular formula is C18H22N2O2. The molecule has 0 saturated carbocycles. The van der Waals surface area contributed by atoms with E-state index in [2.05, 4.69) is 10.6 Å². The highest BCUT2D eigenvalue weighted by atomic mass is 16.5. The second-order valence-electron chi connectivity index (χ2n) is 5.08. The van der Waals surface area contributed by atoms with Gasteiger partial charge in [-0.2, -0.15) is 0 Å².